The van der Waals surface area contributed by atoms with Gasteiger partial charge in [-0.2, -0.15) is 0 Å². The van der Waals surface area contributed by atoms with Crippen LogP contribution in [0.1, 0.15) is 11.1 Å². The van der Waals surface area contributed by atoms with E-state index in [-0.39, 0.29) is 12.1 Å². The molecule has 8 nitrogen and oxygen atoms in total. The van der Waals surface area contributed by atoms with Crippen LogP contribution in [-0.2, 0) is 17.9 Å². The van der Waals surface area contributed by atoms with Crippen molar-refractivity contribution in [1.29, 1.82) is 0 Å². The van der Waals surface area contributed by atoms with Crippen molar-refractivity contribution >= 4 is 34.4 Å². The minimum absolute atomic E-state index is 0.0669. The molecular formula is C20H16ClFN6O2. The largest absolute Gasteiger partial charge is 0.324 e. The van der Waals surface area contributed by atoms with Gasteiger partial charge in [-0.25, -0.2) is 14.1 Å². The molecule has 1 N–H and O–H groups in total. The van der Waals surface area contributed by atoms with Gasteiger partial charge in [0.1, 0.15) is 18.7 Å². The molecule has 2 aromatic heterocycles. The van der Waals surface area contributed by atoms with Crippen LogP contribution in [0.4, 0.5) is 10.1 Å². The van der Waals surface area contributed by atoms with Gasteiger partial charge < -0.3 is 5.32 Å². The molecule has 152 valence electrons. The zero-order chi connectivity index (χ0) is 21.3. The number of aryl methyl sites for hydroxylation is 1. The van der Waals surface area contributed by atoms with E-state index < -0.39 is 17.3 Å². The van der Waals surface area contributed by atoms with Gasteiger partial charge in [0.05, 0.1) is 6.54 Å². The third-order valence-corrected chi connectivity index (χ3v) is 4.77. The van der Waals surface area contributed by atoms with Crippen molar-refractivity contribution in [2.24, 2.45) is 0 Å². The number of benzene rings is 2. The predicted molar refractivity (Wildman–Crippen MR) is 110 cm³/mol. The summed E-state index contributed by atoms with van der Waals surface area (Å²) in [5.74, 6) is -0.834. The Hall–Kier alpha value is -3.59. The van der Waals surface area contributed by atoms with Crippen LogP contribution in [0.15, 0.2) is 53.6 Å². The van der Waals surface area contributed by atoms with Gasteiger partial charge in [-0.15, -0.1) is 5.10 Å². The molecule has 0 saturated carbocycles. The minimum atomic E-state index is -0.478. The molecule has 0 atom stereocenters. The van der Waals surface area contributed by atoms with Crippen LogP contribution in [0.2, 0.25) is 5.02 Å². The van der Waals surface area contributed by atoms with Crippen molar-refractivity contribution in [2.45, 2.75) is 20.0 Å². The van der Waals surface area contributed by atoms with E-state index in [0.717, 1.165) is 10.1 Å². The number of aromatic nitrogens is 5. The van der Waals surface area contributed by atoms with Gasteiger partial charge in [-0.3, -0.25) is 14.2 Å². The van der Waals surface area contributed by atoms with E-state index in [1.165, 1.54) is 29.2 Å². The van der Waals surface area contributed by atoms with E-state index in [1.54, 1.807) is 19.1 Å². The van der Waals surface area contributed by atoms with E-state index in [2.05, 4.69) is 20.6 Å². The Bertz CT molecular complexity index is 1300. The first-order valence-corrected chi connectivity index (χ1v) is 9.37. The maximum atomic E-state index is 13.2. The lowest BCUT2D eigenvalue weighted by atomic mass is 10.2. The second-order valence-corrected chi connectivity index (χ2v) is 7.17. The Kier molecular flexibility index (Phi) is 5.28. The summed E-state index contributed by atoms with van der Waals surface area (Å²) in [6.07, 6.45) is 1.28. The summed E-state index contributed by atoms with van der Waals surface area (Å²) in [7, 11) is 0. The normalized spacial score (nSPS) is 11.0. The van der Waals surface area contributed by atoms with Crippen molar-refractivity contribution in [3.63, 3.8) is 0 Å². The van der Waals surface area contributed by atoms with Crippen molar-refractivity contribution < 1.29 is 9.18 Å². The van der Waals surface area contributed by atoms with Gasteiger partial charge in [-0.05, 0) is 48.4 Å². The number of anilines is 1. The highest BCUT2D eigenvalue weighted by Crippen LogP contribution is 2.16. The quantitative estimate of drug-likeness (QED) is 0.529. The molecule has 0 aliphatic rings. The molecule has 0 fully saturated rings. The highest BCUT2D eigenvalue weighted by Gasteiger charge is 2.14. The van der Waals surface area contributed by atoms with Gasteiger partial charge in [-0.1, -0.05) is 28.9 Å². The van der Waals surface area contributed by atoms with Gasteiger partial charge in [0.15, 0.2) is 11.2 Å². The molecule has 2 heterocycles. The zero-order valence-electron chi connectivity index (χ0n) is 15.8. The average Bonchev–Trinajstić information content (AvgIpc) is 3.11. The van der Waals surface area contributed by atoms with Crippen LogP contribution >= 0.6 is 11.6 Å². The SMILES string of the molecule is Cc1cc(F)ccc1NC(=O)Cn1cnc2c(nnn2Cc2ccc(Cl)cc2)c1=O. The van der Waals surface area contributed by atoms with Crippen molar-refractivity contribution in [3.8, 4) is 0 Å². The molecule has 2 aromatic carbocycles. The van der Waals surface area contributed by atoms with Gasteiger partial charge in [0.25, 0.3) is 5.56 Å². The van der Waals surface area contributed by atoms with Crippen LogP contribution in [-0.4, -0.2) is 30.5 Å². The second-order valence-electron chi connectivity index (χ2n) is 6.73. The number of fused-ring (bicyclic) bond motifs is 1. The van der Waals surface area contributed by atoms with E-state index in [1.807, 2.05) is 12.1 Å². The van der Waals surface area contributed by atoms with E-state index in [9.17, 15) is 14.0 Å². The Morgan fingerprint density at radius 2 is 1.97 bits per heavy atom. The molecule has 0 unspecified atom stereocenters. The van der Waals surface area contributed by atoms with Gasteiger partial charge >= 0.3 is 0 Å². The van der Waals surface area contributed by atoms with Crippen LogP contribution in [0.25, 0.3) is 11.2 Å². The number of halogens is 2. The summed E-state index contributed by atoms with van der Waals surface area (Å²) >= 11 is 5.89. The molecular weight excluding hydrogens is 411 g/mol. The monoisotopic (exact) mass is 426 g/mol. The average molecular weight is 427 g/mol. The number of rotatable bonds is 5. The van der Waals surface area contributed by atoms with E-state index in [0.29, 0.717) is 28.5 Å². The van der Waals surface area contributed by atoms with Crippen molar-refractivity contribution in [3.05, 3.63) is 81.1 Å². The lowest BCUT2D eigenvalue weighted by Gasteiger charge is -2.09. The summed E-state index contributed by atoms with van der Waals surface area (Å²) in [5, 5.41) is 11.2. The Labute approximate surface area is 174 Å². The Morgan fingerprint density at radius 1 is 1.20 bits per heavy atom. The highest BCUT2D eigenvalue weighted by molar-refractivity contribution is 6.30. The Morgan fingerprint density at radius 3 is 2.70 bits per heavy atom. The first-order chi connectivity index (χ1) is 14.4. The molecule has 0 aliphatic heterocycles. The predicted octanol–water partition coefficient (Wildman–Crippen LogP) is 2.78. The maximum Gasteiger partial charge on any atom is 0.283 e. The first kappa shape index (κ1) is 19.7. The minimum Gasteiger partial charge on any atom is -0.324 e. The van der Waals surface area contributed by atoms with E-state index in [4.69, 9.17) is 11.6 Å². The summed E-state index contributed by atoms with van der Waals surface area (Å²) in [6, 6.07) is 11.2. The number of hydrogen-bond acceptors (Lipinski definition) is 5. The van der Waals surface area contributed by atoms with Gasteiger partial charge in [0, 0.05) is 10.7 Å². The number of carbonyl (C=O) groups is 1. The number of amides is 1. The topological polar surface area (TPSA) is 94.7 Å². The molecule has 0 saturated heterocycles. The molecule has 10 heteroatoms. The third-order valence-electron chi connectivity index (χ3n) is 4.51. The summed E-state index contributed by atoms with van der Waals surface area (Å²) < 4.78 is 15.9. The lowest BCUT2D eigenvalue weighted by Crippen LogP contribution is -2.28. The second kappa shape index (κ2) is 8.03. The summed E-state index contributed by atoms with van der Waals surface area (Å²) in [5.41, 5.74) is 1.88. The molecule has 0 bridgehead atoms. The molecule has 0 aliphatic carbocycles. The fraction of sp³-hybridized carbons (Fsp3) is 0.150. The van der Waals surface area contributed by atoms with Crippen LogP contribution in [0.3, 0.4) is 0 Å². The Balaban J connectivity index is 1.54. The molecule has 4 rings (SSSR count). The third kappa shape index (κ3) is 4.06. The number of nitrogens with one attached hydrogen (secondary N) is 1. The standard InChI is InChI=1S/C20H16ClFN6O2/c1-12-8-15(22)6-7-16(12)24-17(29)10-27-11-23-19-18(20(27)30)25-26-28(19)9-13-2-4-14(21)5-3-13/h2-8,11H,9-10H2,1H3,(H,24,29). The van der Waals surface area contributed by atoms with Crippen LogP contribution in [0, 0.1) is 12.7 Å². The van der Waals surface area contributed by atoms with Crippen molar-refractivity contribution in [2.75, 3.05) is 5.32 Å². The maximum absolute atomic E-state index is 13.2. The fourth-order valence-electron chi connectivity index (χ4n) is 2.98. The first-order valence-electron chi connectivity index (χ1n) is 9.00. The molecule has 30 heavy (non-hydrogen) atoms. The molecule has 0 radical (unpaired) electrons. The summed E-state index contributed by atoms with van der Waals surface area (Å²) in [4.78, 5) is 29.3. The smallest absolute Gasteiger partial charge is 0.283 e. The highest BCUT2D eigenvalue weighted by atomic mass is 35.5. The van der Waals surface area contributed by atoms with Crippen LogP contribution in [0.5, 0.6) is 0 Å². The van der Waals surface area contributed by atoms with Crippen molar-refractivity contribution in [1.82, 2.24) is 24.5 Å². The fourth-order valence-corrected chi connectivity index (χ4v) is 3.11. The lowest BCUT2D eigenvalue weighted by molar-refractivity contribution is -0.116. The molecule has 1 amide bonds. The van der Waals surface area contributed by atoms with Gasteiger partial charge in [0.2, 0.25) is 5.91 Å². The number of nitrogens with zero attached hydrogens (tertiary/aromatic N) is 5. The number of hydrogen-bond donors (Lipinski definition) is 1. The number of carbonyl (C=O) groups excluding carboxylic acids is 1. The van der Waals surface area contributed by atoms with E-state index >= 15 is 0 Å². The van der Waals surface area contributed by atoms with Crippen LogP contribution < -0.4 is 10.9 Å². The molecule has 0 spiro atoms. The summed E-state index contributed by atoms with van der Waals surface area (Å²) in [6.45, 7) is 1.79. The zero-order valence-corrected chi connectivity index (χ0v) is 16.6. The molecule has 4 aromatic rings.